The number of ether oxygens (including phenoxy) is 3. The highest BCUT2D eigenvalue weighted by molar-refractivity contribution is 5.66. The highest BCUT2D eigenvalue weighted by Crippen LogP contribution is 2.51. The first-order chi connectivity index (χ1) is 8.97. The van der Waals surface area contributed by atoms with Gasteiger partial charge in [0.1, 0.15) is 12.4 Å². The zero-order valence-electron chi connectivity index (χ0n) is 11.8. The third-order valence-corrected chi connectivity index (χ3v) is 3.87. The standard InChI is InChI=1S/C15H20O4/c1-10-15(3,9-18-11(2)16)14(19-10)12-5-7-13(17-4)8-6-12/h5-8,10,14H,9H2,1-4H3. The molecule has 19 heavy (non-hydrogen) atoms. The molecule has 0 bridgehead atoms. The van der Waals surface area contributed by atoms with Gasteiger partial charge in [-0.2, -0.15) is 0 Å². The van der Waals surface area contributed by atoms with Crippen LogP contribution >= 0.6 is 0 Å². The van der Waals surface area contributed by atoms with Crippen molar-refractivity contribution in [3.8, 4) is 5.75 Å². The fourth-order valence-electron chi connectivity index (χ4n) is 2.34. The summed E-state index contributed by atoms with van der Waals surface area (Å²) in [4.78, 5) is 11.0. The molecule has 4 heteroatoms. The number of carbonyl (C=O) groups is 1. The van der Waals surface area contributed by atoms with Crippen molar-refractivity contribution in [2.75, 3.05) is 13.7 Å². The Kier molecular flexibility index (Phi) is 3.80. The summed E-state index contributed by atoms with van der Waals surface area (Å²) in [5.41, 5.74) is 0.897. The van der Waals surface area contributed by atoms with Gasteiger partial charge in [-0.05, 0) is 24.6 Å². The van der Waals surface area contributed by atoms with Gasteiger partial charge in [-0.15, -0.1) is 0 Å². The lowest BCUT2D eigenvalue weighted by atomic mass is 9.72. The van der Waals surface area contributed by atoms with Gasteiger partial charge < -0.3 is 14.2 Å². The SMILES string of the molecule is COc1ccc(C2OC(C)C2(C)COC(C)=O)cc1. The van der Waals surface area contributed by atoms with Crippen LogP contribution < -0.4 is 4.74 Å². The maximum atomic E-state index is 11.0. The molecule has 3 atom stereocenters. The van der Waals surface area contributed by atoms with E-state index in [0.717, 1.165) is 11.3 Å². The summed E-state index contributed by atoms with van der Waals surface area (Å²) in [7, 11) is 1.64. The minimum absolute atomic E-state index is 0.0484. The van der Waals surface area contributed by atoms with E-state index in [4.69, 9.17) is 14.2 Å². The topological polar surface area (TPSA) is 44.8 Å². The molecule has 4 nitrogen and oxygen atoms in total. The summed E-state index contributed by atoms with van der Waals surface area (Å²) in [6.07, 6.45) is 0.0201. The molecule has 1 aromatic rings. The third-order valence-electron chi connectivity index (χ3n) is 3.87. The number of methoxy groups -OCH3 is 1. The maximum Gasteiger partial charge on any atom is 0.302 e. The quantitative estimate of drug-likeness (QED) is 0.784. The predicted octanol–water partition coefficient (Wildman–Crippen LogP) is 2.72. The van der Waals surface area contributed by atoms with Crippen LogP contribution in [0.25, 0.3) is 0 Å². The Labute approximate surface area is 113 Å². The molecule has 1 aliphatic heterocycles. The van der Waals surface area contributed by atoms with Crippen molar-refractivity contribution in [2.24, 2.45) is 5.41 Å². The van der Waals surface area contributed by atoms with Gasteiger partial charge in [0.2, 0.25) is 0 Å². The van der Waals surface area contributed by atoms with Crippen molar-refractivity contribution in [2.45, 2.75) is 33.0 Å². The van der Waals surface area contributed by atoms with Crippen LogP contribution in [-0.4, -0.2) is 25.8 Å². The van der Waals surface area contributed by atoms with E-state index in [-0.39, 0.29) is 23.6 Å². The molecular weight excluding hydrogens is 244 g/mol. The Morgan fingerprint density at radius 2 is 2.00 bits per heavy atom. The molecular formula is C15H20O4. The Hall–Kier alpha value is -1.55. The van der Waals surface area contributed by atoms with E-state index in [1.165, 1.54) is 6.92 Å². The van der Waals surface area contributed by atoms with Crippen LogP contribution in [-0.2, 0) is 14.3 Å². The van der Waals surface area contributed by atoms with Crippen LogP contribution in [0.4, 0.5) is 0 Å². The number of carbonyl (C=O) groups excluding carboxylic acids is 1. The van der Waals surface area contributed by atoms with E-state index in [1.54, 1.807) is 7.11 Å². The smallest absolute Gasteiger partial charge is 0.302 e. The molecule has 0 amide bonds. The van der Waals surface area contributed by atoms with Gasteiger partial charge in [-0.1, -0.05) is 19.1 Å². The largest absolute Gasteiger partial charge is 0.497 e. The summed E-state index contributed by atoms with van der Waals surface area (Å²) in [6, 6.07) is 7.80. The monoisotopic (exact) mass is 264 g/mol. The van der Waals surface area contributed by atoms with E-state index >= 15 is 0 Å². The normalized spacial score (nSPS) is 29.5. The van der Waals surface area contributed by atoms with Gasteiger partial charge in [0.25, 0.3) is 0 Å². The van der Waals surface area contributed by atoms with Crippen molar-refractivity contribution >= 4 is 5.97 Å². The second-order valence-electron chi connectivity index (χ2n) is 5.22. The summed E-state index contributed by atoms with van der Waals surface area (Å²) < 4.78 is 16.1. The summed E-state index contributed by atoms with van der Waals surface area (Å²) >= 11 is 0. The van der Waals surface area contributed by atoms with Crippen LogP contribution in [0.1, 0.15) is 32.4 Å². The van der Waals surface area contributed by atoms with Crippen molar-refractivity contribution in [3.63, 3.8) is 0 Å². The first-order valence-electron chi connectivity index (χ1n) is 6.40. The number of esters is 1. The molecule has 1 aromatic carbocycles. The highest BCUT2D eigenvalue weighted by atomic mass is 16.6. The van der Waals surface area contributed by atoms with E-state index in [2.05, 4.69) is 6.92 Å². The van der Waals surface area contributed by atoms with E-state index in [0.29, 0.717) is 6.61 Å². The molecule has 2 rings (SSSR count). The van der Waals surface area contributed by atoms with Gasteiger partial charge >= 0.3 is 5.97 Å². The molecule has 1 fully saturated rings. The molecule has 0 aliphatic carbocycles. The molecule has 0 saturated carbocycles. The van der Waals surface area contributed by atoms with Gasteiger partial charge in [0.15, 0.2) is 0 Å². The molecule has 1 aliphatic rings. The lowest BCUT2D eigenvalue weighted by Crippen LogP contribution is -2.53. The van der Waals surface area contributed by atoms with Gasteiger partial charge in [-0.25, -0.2) is 0 Å². The second kappa shape index (κ2) is 5.21. The first-order valence-corrected chi connectivity index (χ1v) is 6.40. The Bertz CT molecular complexity index is 454. The number of benzene rings is 1. The first kappa shape index (κ1) is 13.9. The lowest BCUT2D eigenvalue weighted by Gasteiger charge is -2.52. The van der Waals surface area contributed by atoms with Gasteiger partial charge in [-0.3, -0.25) is 4.79 Å². The number of rotatable bonds is 4. The zero-order valence-corrected chi connectivity index (χ0v) is 11.8. The second-order valence-corrected chi connectivity index (χ2v) is 5.22. The third kappa shape index (κ3) is 2.59. The van der Waals surface area contributed by atoms with Crippen LogP contribution in [0.5, 0.6) is 5.75 Å². The minimum Gasteiger partial charge on any atom is -0.497 e. The Morgan fingerprint density at radius 3 is 2.47 bits per heavy atom. The summed E-state index contributed by atoms with van der Waals surface area (Å²) in [5, 5.41) is 0. The van der Waals surface area contributed by atoms with E-state index < -0.39 is 0 Å². The Balaban J connectivity index is 2.12. The molecule has 0 spiro atoms. The zero-order chi connectivity index (χ0) is 14.0. The molecule has 3 unspecified atom stereocenters. The summed E-state index contributed by atoms with van der Waals surface area (Å²) in [6.45, 7) is 5.89. The van der Waals surface area contributed by atoms with Crippen LogP contribution in [0, 0.1) is 5.41 Å². The highest BCUT2D eigenvalue weighted by Gasteiger charge is 2.52. The van der Waals surface area contributed by atoms with Gasteiger partial charge in [0, 0.05) is 6.92 Å². The van der Waals surface area contributed by atoms with E-state index in [9.17, 15) is 4.79 Å². The molecule has 0 aromatic heterocycles. The molecule has 1 heterocycles. The average molecular weight is 264 g/mol. The Morgan fingerprint density at radius 1 is 1.37 bits per heavy atom. The molecule has 1 saturated heterocycles. The predicted molar refractivity (Wildman–Crippen MR) is 71.0 cm³/mol. The van der Waals surface area contributed by atoms with Crippen molar-refractivity contribution in [1.29, 1.82) is 0 Å². The molecule has 0 radical (unpaired) electrons. The fraction of sp³-hybridized carbons (Fsp3) is 0.533. The minimum atomic E-state index is -0.256. The molecule has 0 N–H and O–H groups in total. The van der Waals surface area contributed by atoms with Crippen molar-refractivity contribution < 1.29 is 19.0 Å². The number of hydrogen-bond acceptors (Lipinski definition) is 4. The maximum absolute atomic E-state index is 11.0. The van der Waals surface area contributed by atoms with Crippen molar-refractivity contribution in [3.05, 3.63) is 29.8 Å². The lowest BCUT2D eigenvalue weighted by molar-refractivity contribution is -0.255. The number of hydrogen-bond donors (Lipinski definition) is 0. The van der Waals surface area contributed by atoms with Gasteiger partial charge in [0.05, 0.1) is 24.7 Å². The summed E-state index contributed by atoms with van der Waals surface area (Å²) in [5.74, 6) is 0.562. The van der Waals surface area contributed by atoms with Crippen LogP contribution in [0.15, 0.2) is 24.3 Å². The fourth-order valence-corrected chi connectivity index (χ4v) is 2.34. The van der Waals surface area contributed by atoms with Crippen molar-refractivity contribution in [1.82, 2.24) is 0 Å². The average Bonchev–Trinajstić information content (AvgIpc) is 2.42. The van der Waals surface area contributed by atoms with Crippen LogP contribution in [0.2, 0.25) is 0 Å². The molecule has 104 valence electrons. The van der Waals surface area contributed by atoms with E-state index in [1.807, 2.05) is 31.2 Å². The van der Waals surface area contributed by atoms with Crippen LogP contribution in [0.3, 0.4) is 0 Å².